The largest absolute Gasteiger partial charge is 0.497 e. The molecule has 0 aliphatic carbocycles. The predicted octanol–water partition coefficient (Wildman–Crippen LogP) is 4.10. The van der Waals surface area contributed by atoms with Crippen molar-refractivity contribution in [3.8, 4) is 5.75 Å². The number of nitrogens with one attached hydrogen (secondary N) is 1. The highest BCUT2D eigenvalue weighted by Gasteiger charge is 2.26. The molecule has 0 spiro atoms. The van der Waals surface area contributed by atoms with Crippen LogP contribution in [0, 0.1) is 0 Å². The first-order chi connectivity index (χ1) is 15.8. The Kier molecular flexibility index (Phi) is 10.3. The molecule has 2 fully saturated rings. The molecule has 2 aromatic rings. The molecule has 7 heteroatoms. The smallest absolute Gasteiger partial charge is 0.194 e. The Morgan fingerprint density at radius 1 is 1.06 bits per heavy atom. The molecule has 2 heterocycles. The van der Waals surface area contributed by atoms with Gasteiger partial charge in [-0.15, -0.1) is 24.0 Å². The highest BCUT2D eigenvalue weighted by Crippen LogP contribution is 2.28. The van der Waals surface area contributed by atoms with Gasteiger partial charge >= 0.3 is 0 Å². The van der Waals surface area contributed by atoms with Crippen LogP contribution in [0.25, 0.3) is 0 Å². The summed E-state index contributed by atoms with van der Waals surface area (Å²) in [5.74, 6) is 2.46. The van der Waals surface area contributed by atoms with Crippen molar-refractivity contribution in [3.05, 3.63) is 65.2 Å². The fourth-order valence-corrected chi connectivity index (χ4v) is 4.55. The molecule has 0 saturated carbocycles. The number of hydrogen-bond donors (Lipinski definition) is 1. The Morgan fingerprint density at radius 2 is 1.79 bits per heavy atom. The lowest BCUT2D eigenvalue weighted by atomic mass is 9.98. The van der Waals surface area contributed by atoms with Gasteiger partial charge in [0.05, 0.1) is 26.9 Å². The minimum absolute atomic E-state index is 0. The Hall–Kier alpha value is -1.84. The molecule has 4 rings (SSSR count). The Morgan fingerprint density at radius 3 is 2.48 bits per heavy atom. The van der Waals surface area contributed by atoms with Crippen LogP contribution in [0.5, 0.6) is 5.75 Å². The zero-order valence-corrected chi connectivity index (χ0v) is 22.2. The average Bonchev–Trinajstić information content (AvgIpc) is 3.33. The molecular weight excluding hydrogens is 527 g/mol. The molecule has 33 heavy (non-hydrogen) atoms. The van der Waals surface area contributed by atoms with Crippen molar-refractivity contribution in [2.24, 2.45) is 4.99 Å². The maximum Gasteiger partial charge on any atom is 0.194 e. The zero-order valence-electron chi connectivity index (χ0n) is 19.8. The number of rotatable bonds is 7. The van der Waals surface area contributed by atoms with E-state index in [-0.39, 0.29) is 24.0 Å². The molecule has 6 nitrogen and oxygen atoms in total. The van der Waals surface area contributed by atoms with Crippen LogP contribution in [-0.4, -0.2) is 68.8 Å². The standard InChI is InChI=1S/C26H36N4O2.HI/c1-3-27-26(30-13-12-24(20-30)21-8-10-25(31-2)11-9-21)28-18-22-6-4-5-7-23(22)19-29-14-16-32-17-15-29;/h4-11,24H,3,12-20H2,1-2H3,(H,27,28);1H. The molecule has 2 aliphatic heterocycles. The number of halogens is 1. The van der Waals surface area contributed by atoms with Crippen LogP contribution in [0.4, 0.5) is 0 Å². The maximum atomic E-state index is 5.50. The molecule has 0 bridgehead atoms. The molecule has 2 saturated heterocycles. The summed E-state index contributed by atoms with van der Waals surface area (Å²) >= 11 is 0. The van der Waals surface area contributed by atoms with Crippen LogP contribution < -0.4 is 10.1 Å². The molecule has 0 radical (unpaired) electrons. The summed E-state index contributed by atoms with van der Waals surface area (Å²) in [4.78, 5) is 9.92. The lowest BCUT2D eigenvalue weighted by Crippen LogP contribution is -2.40. The summed E-state index contributed by atoms with van der Waals surface area (Å²) in [7, 11) is 1.71. The number of benzene rings is 2. The number of aliphatic imine (C=N–C) groups is 1. The number of methoxy groups -OCH3 is 1. The van der Waals surface area contributed by atoms with E-state index in [2.05, 4.69) is 70.6 Å². The second kappa shape index (κ2) is 13.2. The Balaban J connectivity index is 0.00000306. The fourth-order valence-electron chi connectivity index (χ4n) is 4.55. The van der Waals surface area contributed by atoms with Crippen LogP contribution >= 0.6 is 24.0 Å². The minimum Gasteiger partial charge on any atom is -0.497 e. The first-order valence-electron chi connectivity index (χ1n) is 11.8. The summed E-state index contributed by atoms with van der Waals surface area (Å²) in [5.41, 5.74) is 4.05. The monoisotopic (exact) mass is 564 g/mol. The molecule has 1 atom stereocenters. The van der Waals surface area contributed by atoms with Crippen LogP contribution in [-0.2, 0) is 17.8 Å². The predicted molar refractivity (Wildman–Crippen MR) is 145 cm³/mol. The number of ether oxygens (including phenoxy) is 2. The van der Waals surface area contributed by atoms with Crippen molar-refractivity contribution < 1.29 is 9.47 Å². The first-order valence-corrected chi connectivity index (χ1v) is 11.8. The van der Waals surface area contributed by atoms with Crippen LogP contribution in [0.3, 0.4) is 0 Å². The van der Waals surface area contributed by atoms with Gasteiger partial charge in [0.2, 0.25) is 0 Å². The van der Waals surface area contributed by atoms with E-state index >= 15 is 0 Å². The van der Waals surface area contributed by atoms with Crippen molar-refractivity contribution in [1.29, 1.82) is 0 Å². The topological polar surface area (TPSA) is 49.3 Å². The molecular formula is C26H37IN4O2. The number of hydrogen-bond acceptors (Lipinski definition) is 4. The summed E-state index contributed by atoms with van der Waals surface area (Å²) < 4.78 is 10.8. The molecule has 1 unspecified atom stereocenters. The molecule has 0 aromatic heterocycles. The summed E-state index contributed by atoms with van der Waals surface area (Å²) in [6.45, 7) is 10.4. The quantitative estimate of drug-likeness (QED) is 0.312. The molecule has 2 aromatic carbocycles. The summed E-state index contributed by atoms with van der Waals surface area (Å²) in [6, 6.07) is 17.2. The normalized spacial score (nSPS) is 19.3. The number of likely N-dealkylation sites (tertiary alicyclic amines) is 1. The van der Waals surface area contributed by atoms with E-state index in [1.807, 2.05) is 0 Å². The van der Waals surface area contributed by atoms with E-state index in [1.165, 1.54) is 16.7 Å². The van der Waals surface area contributed by atoms with Gasteiger partial charge < -0.3 is 19.7 Å². The van der Waals surface area contributed by atoms with Crippen molar-refractivity contribution in [2.75, 3.05) is 53.0 Å². The van der Waals surface area contributed by atoms with Crippen molar-refractivity contribution in [2.45, 2.75) is 32.4 Å². The molecule has 2 aliphatic rings. The minimum atomic E-state index is 0. The molecule has 0 amide bonds. The maximum absolute atomic E-state index is 5.50. The van der Waals surface area contributed by atoms with Gasteiger partial charge in [-0.05, 0) is 42.2 Å². The van der Waals surface area contributed by atoms with Crippen LogP contribution in [0.2, 0.25) is 0 Å². The van der Waals surface area contributed by atoms with E-state index in [0.717, 1.165) is 70.6 Å². The van der Waals surface area contributed by atoms with E-state index < -0.39 is 0 Å². The lowest BCUT2D eigenvalue weighted by molar-refractivity contribution is 0.0341. The van der Waals surface area contributed by atoms with Crippen molar-refractivity contribution >= 4 is 29.9 Å². The summed E-state index contributed by atoms with van der Waals surface area (Å²) in [5, 5.41) is 3.51. The molecule has 180 valence electrons. The first kappa shape index (κ1) is 25.8. The van der Waals surface area contributed by atoms with Gasteiger partial charge in [-0.2, -0.15) is 0 Å². The van der Waals surface area contributed by atoms with Crippen LogP contribution in [0.1, 0.15) is 36.0 Å². The van der Waals surface area contributed by atoms with Crippen molar-refractivity contribution in [3.63, 3.8) is 0 Å². The van der Waals surface area contributed by atoms with Gasteiger partial charge in [-0.3, -0.25) is 4.90 Å². The van der Waals surface area contributed by atoms with Gasteiger partial charge in [0, 0.05) is 45.2 Å². The molecule has 1 N–H and O–H groups in total. The van der Waals surface area contributed by atoms with Crippen LogP contribution in [0.15, 0.2) is 53.5 Å². The van der Waals surface area contributed by atoms with Gasteiger partial charge in [0.25, 0.3) is 0 Å². The van der Waals surface area contributed by atoms with E-state index in [0.29, 0.717) is 12.5 Å². The van der Waals surface area contributed by atoms with E-state index in [9.17, 15) is 0 Å². The highest BCUT2D eigenvalue weighted by atomic mass is 127. The lowest BCUT2D eigenvalue weighted by Gasteiger charge is -2.27. The van der Waals surface area contributed by atoms with Gasteiger partial charge in [0.1, 0.15) is 5.75 Å². The Bertz CT molecular complexity index is 884. The van der Waals surface area contributed by atoms with Crippen molar-refractivity contribution in [1.82, 2.24) is 15.1 Å². The second-order valence-corrected chi connectivity index (χ2v) is 8.53. The Labute approximate surface area is 215 Å². The second-order valence-electron chi connectivity index (χ2n) is 8.53. The average molecular weight is 565 g/mol. The van der Waals surface area contributed by atoms with Gasteiger partial charge in [0.15, 0.2) is 5.96 Å². The zero-order chi connectivity index (χ0) is 22.2. The number of guanidine groups is 1. The third kappa shape index (κ3) is 7.07. The number of morpholine rings is 1. The number of nitrogens with zero attached hydrogens (tertiary/aromatic N) is 3. The van der Waals surface area contributed by atoms with Gasteiger partial charge in [-0.25, -0.2) is 4.99 Å². The van der Waals surface area contributed by atoms with Gasteiger partial charge in [-0.1, -0.05) is 36.4 Å². The highest BCUT2D eigenvalue weighted by molar-refractivity contribution is 14.0. The summed E-state index contributed by atoms with van der Waals surface area (Å²) in [6.07, 6.45) is 1.14. The van der Waals surface area contributed by atoms with E-state index in [1.54, 1.807) is 7.11 Å². The SMILES string of the molecule is CCNC(=NCc1ccccc1CN1CCOCC1)N1CCC(c2ccc(OC)cc2)C1.I. The third-order valence-electron chi connectivity index (χ3n) is 6.43. The van der Waals surface area contributed by atoms with E-state index in [4.69, 9.17) is 14.5 Å². The fraction of sp³-hybridized carbons (Fsp3) is 0.500. The third-order valence-corrected chi connectivity index (χ3v) is 6.43.